The van der Waals surface area contributed by atoms with E-state index in [0.29, 0.717) is 18.1 Å². The van der Waals surface area contributed by atoms with Crippen LogP contribution in [0.25, 0.3) is 12.2 Å². The van der Waals surface area contributed by atoms with Gasteiger partial charge in [0.15, 0.2) is 0 Å². The molecule has 0 bridgehead atoms. The number of hydrogen-bond acceptors (Lipinski definition) is 7. The number of nitrogens with one attached hydrogen (secondary N) is 2. The van der Waals surface area contributed by atoms with Gasteiger partial charge in [0.25, 0.3) is 0 Å². The minimum absolute atomic E-state index is 0.559. The van der Waals surface area contributed by atoms with Crippen LogP contribution in [0.1, 0.15) is 28.7 Å². The Morgan fingerprint density at radius 3 is 2.88 bits per heavy atom. The van der Waals surface area contributed by atoms with Crippen LogP contribution in [0.3, 0.4) is 0 Å². The second-order valence-corrected chi connectivity index (χ2v) is 8.65. The van der Waals surface area contributed by atoms with Gasteiger partial charge in [-0.1, -0.05) is 18.2 Å². The van der Waals surface area contributed by atoms with E-state index in [0.717, 1.165) is 75.9 Å². The molecule has 7 heteroatoms. The largest absolute Gasteiger partial charge is 0.492 e. The molecule has 174 valence electrons. The molecule has 7 nitrogen and oxygen atoms in total. The van der Waals surface area contributed by atoms with E-state index in [-0.39, 0.29) is 0 Å². The second kappa shape index (κ2) is 12.5. The SMILES string of the molecule is N#Cc1cncc(C=Cc2cc(CNCC3CCNC3)cc(OCCN3CCOCC3)c2)c1. The summed E-state index contributed by atoms with van der Waals surface area (Å²) in [4.78, 5) is 6.51. The van der Waals surface area contributed by atoms with Crippen molar-refractivity contribution in [1.82, 2.24) is 20.5 Å². The summed E-state index contributed by atoms with van der Waals surface area (Å²) >= 11 is 0. The lowest BCUT2D eigenvalue weighted by atomic mass is 10.1. The number of ether oxygens (including phenoxy) is 2. The van der Waals surface area contributed by atoms with Crippen LogP contribution in [0, 0.1) is 17.2 Å². The van der Waals surface area contributed by atoms with Crippen molar-refractivity contribution in [1.29, 1.82) is 5.26 Å². The molecule has 0 radical (unpaired) electrons. The highest BCUT2D eigenvalue weighted by Crippen LogP contribution is 2.20. The first-order chi connectivity index (χ1) is 16.3. The third kappa shape index (κ3) is 7.65. The Balaban J connectivity index is 1.41. The van der Waals surface area contributed by atoms with Crippen LogP contribution in [-0.2, 0) is 11.3 Å². The van der Waals surface area contributed by atoms with Crippen molar-refractivity contribution in [2.75, 3.05) is 59.1 Å². The third-order valence-electron chi connectivity index (χ3n) is 6.05. The first kappa shape index (κ1) is 23.4. The molecule has 4 rings (SSSR count). The van der Waals surface area contributed by atoms with Crippen molar-refractivity contribution in [2.24, 2.45) is 5.92 Å². The molecule has 2 fully saturated rings. The highest BCUT2D eigenvalue weighted by atomic mass is 16.5. The predicted molar refractivity (Wildman–Crippen MR) is 130 cm³/mol. The summed E-state index contributed by atoms with van der Waals surface area (Å²) in [5.74, 6) is 1.59. The molecule has 0 amide bonds. The van der Waals surface area contributed by atoms with Gasteiger partial charge in [-0.2, -0.15) is 5.26 Å². The van der Waals surface area contributed by atoms with E-state index in [1.54, 1.807) is 12.4 Å². The lowest BCUT2D eigenvalue weighted by Crippen LogP contribution is -2.38. The fraction of sp³-hybridized carbons (Fsp3) is 0.462. The average Bonchev–Trinajstić information content (AvgIpc) is 3.37. The predicted octanol–water partition coefficient (Wildman–Crippen LogP) is 2.53. The number of aromatic nitrogens is 1. The van der Waals surface area contributed by atoms with Gasteiger partial charge in [-0.05, 0) is 66.9 Å². The number of nitrogens with zero attached hydrogens (tertiary/aromatic N) is 3. The Bertz CT molecular complexity index is 959. The highest BCUT2D eigenvalue weighted by Gasteiger charge is 2.14. The lowest BCUT2D eigenvalue weighted by Gasteiger charge is -2.26. The van der Waals surface area contributed by atoms with E-state index < -0.39 is 0 Å². The van der Waals surface area contributed by atoms with Crippen molar-refractivity contribution >= 4 is 12.2 Å². The van der Waals surface area contributed by atoms with Crippen LogP contribution in [-0.4, -0.2) is 69.0 Å². The summed E-state index contributed by atoms with van der Waals surface area (Å²) in [7, 11) is 0. The Morgan fingerprint density at radius 2 is 2.06 bits per heavy atom. The number of morpholine rings is 1. The molecule has 3 heterocycles. The van der Waals surface area contributed by atoms with Crippen LogP contribution in [0.15, 0.2) is 36.7 Å². The van der Waals surface area contributed by atoms with Gasteiger partial charge in [-0.25, -0.2) is 0 Å². The maximum Gasteiger partial charge on any atom is 0.120 e. The van der Waals surface area contributed by atoms with Crippen molar-refractivity contribution in [3.63, 3.8) is 0 Å². The quantitative estimate of drug-likeness (QED) is 0.579. The number of nitriles is 1. The molecule has 0 spiro atoms. The maximum absolute atomic E-state index is 9.11. The molecule has 2 saturated heterocycles. The van der Waals surface area contributed by atoms with Crippen molar-refractivity contribution in [2.45, 2.75) is 13.0 Å². The molecular weight excluding hydrogens is 414 g/mol. The smallest absolute Gasteiger partial charge is 0.120 e. The number of rotatable bonds is 10. The van der Waals surface area contributed by atoms with Crippen LogP contribution in [0.5, 0.6) is 5.75 Å². The lowest BCUT2D eigenvalue weighted by molar-refractivity contribution is 0.0322. The summed E-state index contributed by atoms with van der Waals surface area (Å²) in [6.45, 7) is 9.14. The molecule has 1 aromatic carbocycles. The van der Waals surface area contributed by atoms with Gasteiger partial charge in [0.1, 0.15) is 18.4 Å². The number of hydrogen-bond donors (Lipinski definition) is 2. The Kier molecular flexibility index (Phi) is 8.84. The highest BCUT2D eigenvalue weighted by molar-refractivity contribution is 5.70. The Labute approximate surface area is 196 Å². The van der Waals surface area contributed by atoms with E-state index in [1.165, 1.54) is 12.0 Å². The fourth-order valence-electron chi connectivity index (χ4n) is 4.20. The van der Waals surface area contributed by atoms with Gasteiger partial charge >= 0.3 is 0 Å². The van der Waals surface area contributed by atoms with Gasteiger partial charge < -0.3 is 20.1 Å². The summed E-state index contributed by atoms with van der Waals surface area (Å²) in [5.41, 5.74) is 3.73. The normalized spacial score (nSPS) is 19.1. The minimum atomic E-state index is 0.559. The monoisotopic (exact) mass is 447 g/mol. The van der Waals surface area contributed by atoms with Gasteiger partial charge in [0.2, 0.25) is 0 Å². The van der Waals surface area contributed by atoms with Crippen molar-refractivity contribution in [3.8, 4) is 11.8 Å². The zero-order chi connectivity index (χ0) is 22.7. The topological polar surface area (TPSA) is 82.4 Å². The first-order valence-electron chi connectivity index (χ1n) is 11.8. The zero-order valence-corrected chi connectivity index (χ0v) is 19.1. The van der Waals surface area contributed by atoms with Crippen molar-refractivity contribution in [3.05, 3.63) is 58.9 Å². The average molecular weight is 448 g/mol. The van der Waals surface area contributed by atoms with E-state index in [4.69, 9.17) is 14.7 Å². The van der Waals surface area contributed by atoms with E-state index in [1.807, 2.05) is 12.1 Å². The molecule has 0 aliphatic carbocycles. The first-order valence-corrected chi connectivity index (χ1v) is 11.8. The molecule has 2 aliphatic rings. The molecule has 2 aromatic rings. The molecule has 0 saturated carbocycles. The summed E-state index contributed by atoms with van der Waals surface area (Å²) in [6.07, 6.45) is 8.61. The number of pyridine rings is 1. The molecule has 1 unspecified atom stereocenters. The van der Waals surface area contributed by atoms with Crippen LogP contribution in [0.4, 0.5) is 0 Å². The number of benzene rings is 1. The molecular formula is C26H33N5O2. The summed E-state index contributed by atoms with van der Waals surface area (Å²) in [6, 6.07) is 10.4. The molecule has 1 atom stereocenters. The van der Waals surface area contributed by atoms with E-state index in [2.05, 4.69) is 50.9 Å². The van der Waals surface area contributed by atoms with Crippen molar-refractivity contribution < 1.29 is 9.47 Å². The standard InChI is InChI=1S/C26H33N5O2/c27-15-25-12-22(16-29-20-25)2-1-21-11-24(19-30-18-23-3-4-28-17-23)14-26(13-21)33-10-7-31-5-8-32-9-6-31/h1-2,11-14,16,20,23,28,30H,3-10,17-19H2. The Hall–Kier alpha value is -2.76. The fourth-order valence-corrected chi connectivity index (χ4v) is 4.20. The van der Waals surface area contributed by atoms with Gasteiger partial charge in [-0.3, -0.25) is 9.88 Å². The van der Waals surface area contributed by atoms with Gasteiger partial charge in [0, 0.05) is 38.6 Å². The Morgan fingerprint density at radius 1 is 1.18 bits per heavy atom. The third-order valence-corrected chi connectivity index (χ3v) is 6.05. The van der Waals surface area contributed by atoms with Crippen LogP contribution < -0.4 is 15.4 Å². The van der Waals surface area contributed by atoms with Gasteiger partial charge in [-0.15, -0.1) is 0 Å². The summed E-state index contributed by atoms with van der Waals surface area (Å²) < 4.78 is 11.6. The van der Waals surface area contributed by atoms with Crippen LogP contribution in [0.2, 0.25) is 0 Å². The zero-order valence-electron chi connectivity index (χ0n) is 19.1. The molecule has 2 aliphatic heterocycles. The van der Waals surface area contributed by atoms with E-state index >= 15 is 0 Å². The molecule has 2 N–H and O–H groups in total. The maximum atomic E-state index is 9.11. The molecule has 33 heavy (non-hydrogen) atoms. The molecule has 1 aromatic heterocycles. The summed E-state index contributed by atoms with van der Waals surface area (Å²) in [5, 5.41) is 16.1. The van der Waals surface area contributed by atoms with Crippen LogP contribution >= 0.6 is 0 Å². The second-order valence-electron chi connectivity index (χ2n) is 8.65. The minimum Gasteiger partial charge on any atom is -0.492 e. The van der Waals surface area contributed by atoms with Gasteiger partial charge in [0.05, 0.1) is 18.8 Å². The van der Waals surface area contributed by atoms with E-state index in [9.17, 15) is 0 Å².